The van der Waals surface area contributed by atoms with Gasteiger partial charge in [0.05, 0.1) is 18.5 Å². The van der Waals surface area contributed by atoms with Gasteiger partial charge < -0.3 is 14.9 Å². The highest BCUT2D eigenvalue weighted by molar-refractivity contribution is 7.93. The highest BCUT2D eigenvalue weighted by Crippen LogP contribution is 2.54. The van der Waals surface area contributed by atoms with E-state index in [4.69, 9.17) is 0 Å². The molecule has 1 aliphatic carbocycles. The van der Waals surface area contributed by atoms with Crippen LogP contribution in [0.1, 0.15) is 51.1 Å². The lowest BCUT2D eigenvalue weighted by atomic mass is 9.93. The summed E-state index contributed by atoms with van der Waals surface area (Å²) in [6, 6.07) is 7.10. The number of rotatable bonds is 8. The zero-order valence-electron chi connectivity index (χ0n) is 23.8. The second-order valence-electron chi connectivity index (χ2n) is 11.9. The van der Waals surface area contributed by atoms with Crippen LogP contribution >= 0.6 is 0 Å². The van der Waals surface area contributed by atoms with Crippen LogP contribution < -0.4 is 14.5 Å². The number of halogens is 2. The zero-order valence-corrected chi connectivity index (χ0v) is 24.6. The predicted octanol–water partition coefficient (Wildman–Crippen LogP) is 3.77. The largest absolute Gasteiger partial charge is 0.395 e. The van der Waals surface area contributed by atoms with E-state index in [0.29, 0.717) is 34.3 Å². The van der Waals surface area contributed by atoms with Crippen molar-refractivity contribution >= 4 is 27.3 Å². The minimum atomic E-state index is -3.76. The van der Waals surface area contributed by atoms with E-state index in [0.717, 1.165) is 37.2 Å². The number of nitrogens with zero attached hydrogens (tertiary/aromatic N) is 7. The number of piperidine rings is 2. The quantitative estimate of drug-likeness (QED) is 0.396. The predicted molar refractivity (Wildman–Crippen MR) is 156 cm³/mol. The van der Waals surface area contributed by atoms with Gasteiger partial charge in [-0.2, -0.15) is 4.98 Å². The Morgan fingerprint density at radius 1 is 1.00 bits per heavy atom. The third-order valence-electron chi connectivity index (χ3n) is 8.78. The van der Waals surface area contributed by atoms with E-state index in [1.807, 2.05) is 19.1 Å². The van der Waals surface area contributed by atoms with Gasteiger partial charge in [0.25, 0.3) is 5.92 Å². The molecule has 4 heterocycles. The van der Waals surface area contributed by atoms with Crippen LogP contribution in [-0.4, -0.2) is 82.4 Å². The van der Waals surface area contributed by atoms with E-state index in [1.165, 1.54) is 19.8 Å². The fourth-order valence-electron chi connectivity index (χ4n) is 5.66. The maximum absolute atomic E-state index is 13.7. The minimum absolute atomic E-state index is 0.173. The maximum Gasteiger partial charge on any atom is 0.251 e. The topological polar surface area (TPSA) is 129 Å². The van der Waals surface area contributed by atoms with Crippen LogP contribution in [0.3, 0.4) is 0 Å². The molecule has 226 valence electrons. The Bertz CT molecular complexity index is 1560. The molecule has 11 nitrogen and oxygen atoms in total. The van der Waals surface area contributed by atoms with Crippen LogP contribution in [0.25, 0.3) is 17.1 Å². The third-order valence-corrected chi connectivity index (χ3v) is 10.5. The first-order valence-electron chi connectivity index (χ1n) is 14.4. The number of aryl methyl sites for hydroxylation is 1. The molecule has 0 radical (unpaired) electrons. The van der Waals surface area contributed by atoms with Crippen molar-refractivity contribution in [2.24, 2.45) is 5.41 Å². The summed E-state index contributed by atoms with van der Waals surface area (Å²) < 4.78 is 56.9. The standard InChI is InChI=1S/C28H36F2N8O3S/c1-19-15-25(32-26(31-19)37-13-9-28(29,30)10-14-37)38-17-23(33-35-38)22-4-3-21(34-42(40,41)20(2)18-39)16-24(22)36-11-7-27(5-6-27)8-12-36/h3-4,15-17,20,34,39H,5-14,18H2,1-2H3/t20-/m0/s1. The molecule has 3 aliphatic rings. The first-order valence-corrected chi connectivity index (χ1v) is 15.9. The molecule has 42 heavy (non-hydrogen) atoms. The zero-order chi connectivity index (χ0) is 29.7. The van der Waals surface area contributed by atoms with Crippen molar-refractivity contribution in [1.29, 1.82) is 0 Å². The summed E-state index contributed by atoms with van der Waals surface area (Å²) in [5, 5.41) is 17.2. The van der Waals surface area contributed by atoms with Gasteiger partial charge in [-0.15, -0.1) is 5.10 Å². The highest BCUT2D eigenvalue weighted by atomic mass is 32.2. The molecule has 3 fully saturated rings. The number of hydrogen-bond acceptors (Lipinski definition) is 9. The summed E-state index contributed by atoms with van der Waals surface area (Å²) in [5.74, 6) is -1.80. The van der Waals surface area contributed by atoms with Crippen LogP contribution in [-0.2, 0) is 10.0 Å². The molecule has 2 aliphatic heterocycles. The molecule has 2 N–H and O–H groups in total. The van der Waals surface area contributed by atoms with Crippen LogP contribution in [0.15, 0.2) is 30.5 Å². The van der Waals surface area contributed by atoms with Gasteiger partial charge >= 0.3 is 0 Å². The first-order chi connectivity index (χ1) is 20.0. The molecule has 0 bridgehead atoms. The lowest BCUT2D eigenvalue weighted by Gasteiger charge is -2.35. The van der Waals surface area contributed by atoms with Crippen molar-refractivity contribution in [3.8, 4) is 17.1 Å². The van der Waals surface area contributed by atoms with Crippen LogP contribution in [0.5, 0.6) is 0 Å². The Kier molecular flexibility index (Phi) is 7.32. The summed E-state index contributed by atoms with van der Waals surface area (Å²) in [7, 11) is -3.76. The van der Waals surface area contributed by atoms with Gasteiger partial charge in [-0.25, -0.2) is 26.9 Å². The van der Waals surface area contributed by atoms with Crippen molar-refractivity contribution in [1.82, 2.24) is 25.0 Å². The second kappa shape index (κ2) is 10.7. The molecule has 2 aromatic heterocycles. The molecule has 14 heteroatoms. The van der Waals surface area contributed by atoms with Gasteiger partial charge in [-0.05, 0) is 63.1 Å². The number of aliphatic hydroxyl groups is 1. The maximum atomic E-state index is 13.7. The Hall–Kier alpha value is -3.39. The normalized spacial score (nSPS) is 20.5. The van der Waals surface area contributed by atoms with Gasteiger partial charge in [-0.1, -0.05) is 5.21 Å². The Labute approximate surface area is 244 Å². The molecule has 0 amide bonds. The monoisotopic (exact) mass is 602 g/mol. The smallest absolute Gasteiger partial charge is 0.251 e. The number of alkyl halides is 2. The summed E-state index contributed by atoms with van der Waals surface area (Å²) in [6.07, 6.45) is 5.99. The minimum Gasteiger partial charge on any atom is -0.395 e. The molecule has 0 unspecified atom stereocenters. The first kappa shape index (κ1) is 28.7. The van der Waals surface area contributed by atoms with E-state index in [-0.39, 0.29) is 25.9 Å². The lowest BCUT2D eigenvalue weighted by molar-refractivity contribution is -0.0222. The van der Waals surface area contributed by atoms with Gasteiger partial charge in [0.15, 0.2) is 5.82 Å². The van der Waals surface area contributed by atoms with Gasteiger partial charge in [0, 0.05) is 62.0 Å². The third kappa shape index (κ3) is 5.91. The average Bonchev–Trinajstić information content (AvgIpc) is 3.52. The number of aromatic nitrogens is 5. The molecular formula is C28H36F2N8O3S. The SMILES string of the molecule is Cc1cc(-n2cc(-c3ccc(NS(=O)(=O)[C@@H](C)CO)cc3N3CCC4(CC3)CC4)nn2)nc(N2CCC(F)(F)CC2)n1. The number of benzene rings is 1. The fourth-order valence-corrected chi connectivity index (χ4v) is 6.52. The van der Waals surface area contributed by atoms with E-state index in [9.17, 15) is 22.3 Å². The van der Waals surface area contributed by atoms with Crippen molar-refractivity contribution in [3.05, 3.63) is 36.2 Å². The Morgan fingerprint density at radius 3 is 2.36 bits per heavy atom. The van der Waals surface area contributed by atoms with Gasteiger partial charge in [0.2, 0.25) is 16.0 Å². The number of sulfonamides is 1. The summed E-state index contributed by atoms with van der Waals surface area (Å²) >= 11 is 0. The lowest BCUT2D eigenvalue weighted by Crippen LogP contribution is -2.40. The van der Waals surface area contributed by atoms with E-state index < -0.39 is 27.8 Å². The van der Waals surface area contributed by atoms with Gasteiger partial charge in [-0.3, -0.25) is 4.72 Å². The number of aliphatic hydroxyl groups excluding tert-OH is 1. The average molecular weight is 603 g/mol. The van der Waals surface area contributed by atoms with Gasteiger partial charge in [0.1, 0.15) is 10.9 Å². The van der Waals surface area contributed by atoms with Crippen molar-refractivity contribution in [2.75, 3.05) is 47.3 Å². The van der Waals surface area contributed by atoms with E-state index in [2.05, 4.69) is 29.9 Å². The molecule has 1 saturated carbocycles. The fraction of sp³-hybridized carbons (Fsp3) is 0.571. The van der Waals surface area contributed by atoms with E-state index >= 15 is 0 Å². The molecule has 2 saturated heterocycles. The number of anilines is 3. The summed E-state index contributed by atoms with van der Waals surface area (Å²) in [6.45, 7) is 4.85. The highest BCUT2D eigenvalue weighted by Gasteiger charge is 2.44. The second-order valence-corrected chi connectivity index (χ2v) is 14.0. The Balaban J connectivity index is 1.31. The Morgan fingerprint density at radius 2 is 1.69 bits per heavy atom. The number of nitrogens with one attached hydrogen (secondary N) is 1. The molecular weight excluding hydrogens is 566 g/mol. The van der Waals surface area contributed by atoms with Crippen molar-refractivity contribution < 1.29 is 22.3 Å². The van der Waals surface area contributed by atoms with Crippen LogP contribution in [0.4, 0.5) is 26.1 Å². The molecule has 6 rings (SSSR count). The number of hydrogen-bond donors (Lipinski definition) is 2. The molecule has 1 aromatic carbocycles. The van der Waals surface area contributed by atoms with Crippen LogP contribution in [0.2, 0.25) is 0 Å². The van der Waals surface area contributed by atoms with Crippen LogP contribution in [0, 0.1) is 12.3 Å². The summed E-state index contributed by atoms with van der Waals surface area (Å²) in [5.41, 5.74) is 3.80. The van der Waals surface area contributed by atoms with Crippen molar-refractivity contribution in [3.63, 3.8) is 0 Å². The molecule has 3 aromatic rings. The molecule has 1 spiro atoms. The summed E-state index contributed by atoms with van der Waals surface area (Å²) in [4.78, 5) is 13.1. The van der Waals surface area contributed by atoms with E-state index in [1.54, 1.807) is 27.9 Å². The van der Waals surface area contributed by atoms with Crippen molar-refractivity contribution in [2.45, 2.75) is 63.5 Å². The molecule has 1 atom stereocenters.